The quantitative estimate of drug-likeness (QED) is 0.640. The lowest BCUT2D eigenvalue weighted by Crippen LogP contribution is -2.26. The lowest BCUT2D eigenvalue weighted by molar-refractivity contribution is -0.114. The molecule has 2 N–H and O–H groups in total. The molecule has 0 atom stereocenters. The van der Waals surface area contributed by atoms with E-state index in [2.05, 4.69) is 10.0 Å². The molecule has 28 heavy (non-hydrogen) atoms. The van der Waals surface area contributed by atoms with Crippen molar-refractivity contribution in [2.24, 2.45) is 7.05 Å². The van der Waals surface area contributed by atoms with Crippen LogP contribution in [0.3, 0.4) is 0 Å². The van der Waals surface area contributed by atoms with Crippen LogP contribution >= 0.6 is 11.6 Å². The fraction of sp³-hybridized carbons (Fsp3) is 0.250. The summed E-state index contributed by atoms with van der Waals surface area (Å²) < 4.78 is 30.2. The van der Waals surface area contributed by atoms with Gasteiger partial charge in [0.05, 0.1) is 4.90 Å². The first-order chi connectivity index (χ1) is 13.2. The first-order valence-corrected chi connectivity index (χ1v) is 10.6. The second-order valence-corrected chi connectivity index (χ2v) is 8.91. The van der Waals surface area contributed by atoms with Crippen molar-refractivity contribution in [3.05, 3.63) is 58.7 Å². The summed E-state index contributed by atoms with van der Waals surface area (Å²) in [6.45, 7) is 3.35. The summed E-state index contributed by atoms with van der Waals surface area (Å²) in [5.41, 5.74) is 3.12. The Balaban J connectivity index is 1.78. The van der Waals surface area contributed by atoms with Crippen molar-refractivity contribution in [2.75, 3.05) is 11.9 Å². The number of aromatic nitrogens is 1. The molecule has 0 bridgehead atoms. The predicted octanol–water partition coefficient (Wildman–Crippen LogP) is 3.62. The van der Waals surface area contributed by atoms with E-state index in [9.17, 15) is 13.2 Å². The Kier molecular flexibility index (Phi) is 5.79. The van der Waals surface area contributed by atoms with Crippen LogP contribution in [0.2, 0.25) is 5.02 Å². The number of amides is 1. The molecule has 0 spiro atoms. The standard InChI is InChI=1S/C20H22ClN3O3S/c1-13-4-6-17(23-14(2)25)11-20(13)28(26,27)22-9-8-15-12-24(3)19-7-5-16(21)10-18(15)19/h4-7,10-12,22H,8-9H2,1-3H3,(H,23,25). The van der Waals surface area contributed by atoms with Crippen molar-refractivity contribution >= 4 is 44.1 Å². The van der Waals surface area contributed by atoms with Crippen LogP contribution in [-0.2, 0) is 28.3 Å². The van der Waals surface area contributed by atoms with Crippen LogP contribution in [0.1, 0.15) is 18.1 Å². The number of rotatable bonds is 6. The highest BCUT2D eigenvalue weighted by atomic mass is 35.5. The van der Waals surface area contributed by atoms with Crippen molar-refractivity contribution in [3.63, 3.8) is 0 Å². The maximum atomic E-state index is 12.8. The Morgan fingerprint density at radius 3 is 2.64 bits per heavy atom. The van der Waals surface area contributed by atoms with Gasteiger partial charge in [0, 0.05) is 48.3 Å². The molecule has 1 amide bonds. The largest absolute Gasteiger partial charge is 0.350 e. The Bertz CT molecular complexity index is 1150. The summed E-state index contributed by atoms with van der Waals surface area (Å²) in [6.07, 6.45) is 2.51. The van der Waals surface area contributed by atoms with Gasteiger partial charge in [0.25, 0.3) is 0 Å². The average molecular weight is 420 g/mol. The average Bonchev–Trinajstić information content (AvgIpc) is 2.91. The number of hydrogen-bond acceptors (Lipinski definition) is 3. The molecule has 0 saturated heterocycles. The smallest absolute Gasteiger partial charge is 0.240 e. The topological polar surface area (TPSA) is 80.2 Å². The normalized spacial score (nSPS) is 11.7. The zero-order valence-corrected chi connectivity index (χ0v) is 17.5. The molecule has 0 aliphatic heterocycles. The lowest BCUT2D eigenvalue weighted by Gasteiger charge is -2.11. The summed E-state index contributed by atoms with van der Waals surface area (Å²) in [6, 6.07) is 10.5. The number of fused-ring (bicyclic) bond motifs is 1. The molecular formula is C20H22ClN3O3S. The molecule has 3 rings (SSSR count). The molecule has 0 aliphatic rings. The number of nitrogens with zero attached hydrogens (tertiary/aromatic N) is 1. The number of aryl methyl sites for hydroxylation is 2. The van der Waals surface area contributed by atoms with Crippen LogP contribution in [0.5, 0.6) is 0 Å². The summed E-state index contributed by atoms with van der Waals surface area (Å²) >= 11 is 6.10. The molecule has 0 fully saturated rings. The second kappa shape index (κ2) is 7.95. The monoisotopic (exact) mass is 419 g/mol. The zero-order valence-electron chi connectivity index (χ0n) is 15.9. The van der Waals surface area contributed by atoms with Crippen molar-refractivity contribution in [3.8, 4) is 0 Å². The van der Waals surface area contributed by atoms with E-state index in [1.807, 2.05) is 36.0 Å². The summed E-state index contributed by atoms with van der Waals surface area (Å²) in [5.74, 6) is -0.255. The highest BCUT2D eigenvalue weighted by Crippen LogP contribution is 2.25. The lowest BCUT2D eigenvalue weighted by atomic mass is 10.1. The Morgan fingerprint density at radius 1 is 1.18 bits per heavy atom. The molecule has 0 saturated carbocycles. The van der Waals surface area contributed by atoms with Crippen LogP contribution < -0.4 is 10.0 Å². The fourth-order valence-corrected chi connectivity index (χ4v) is 4.69. The molecule has 0 radical (unpaired) electrons. The number of anilines is 1. The third-order valence-electron chi connectivity index (χ3n) is 4.52. The molecular weight excluding hydrogens is 398 g/mol. The SMILES string of the molecule is CC(=O)Nc1ccc(C)c(S(=O)(=O)NCCc2cn(C)c3ccc(Cl)cc23)c1. The first kappa shape index (κ1) is 20.4. The van der Waals surface area contributed by atoms with Crippen molar-refractivity contribution in [1.82, 2.24) is 9.29 Å². The van der Waals surface area contributed by atoms with Crippen LogP contribution in [0.25, 0.3) is 10.9 Å². The van der Waals surface area contributed by atoms with Crippen molar-refractivity contribution in [2.45, 2.75) is 25.2 Å². The minimum Gasteiger partial charge on any atom is -0.350 e. The van der Waals surface area contributed by atoms with Crippen LogP contribution in [0.15, 0.2) is 47.5 Å². The van der Waals surface area contributed by atoms with Gasteiger partial charge >= 0.3 is 0 Å². The van der Waals surface area contributed by atoms with Gasteiger partial charge in [0.15, 0.2) is 0 Å². The second-order valence-electron chi connectivity index (χ2n) is 6.74. The molecule has 2 aromatic carbocycles. The summed E-state index contributed by atoms with van der Waals surface area (Å²) in [5, 5.41) is 4.26. The molecule has 1 aromatic heterocycles. The molecule has 0 unspecified atom stereocenters. The molecule has 0 aliphatic carbocycles. The van der Waals surface area contributed by atoms with Crippen LogP contribution in [0, 0.1) is 6.92 Å². The zero-order chi connectivity index (χ0) is 20.5. The number of carbonyl (C=O) groups excluding carboxylic acids is 1. The van der Waals surface area contributed by atoms with E-state index in [1.54, 1.807) is 19.1 Å². The van der Waals surface area contributed by atoms with E-state index < -0.39 is 10.0 Å². The van der Waals surface area contributed by atoms with Gasteiger partial charge in [-0.1, -0.05) is 17.7 Å². The molecule has 148 valence electrons. The van der Waals surface area contributed by atoms with Crippen molar-refractivity contribution in [1.29, 1.82) is 0 Å². The van der Waals surface area contributed by atoms with Gasteiger partial charge in [-0.15, -0.1) is 0 Å². The number of nitrogens with one attached hydrogen (secondary N) is 2. The number of benzene rings is 2. The van der Waals surface area contributed by atoms with Gasteiger partial charge in [-0.2, -0.15) is 0 Å². The highest BCUT2D eigenvalue weighted by molar-refractivity contribution is 7.89. The van der Waals surface area contributed by atoms with E-state index in [-0.39, 0.29) is 17.3 Å². The third kappa shape index (κ3) is 4.38. The maximum Gasteiger partial charge on any atom is 0.240 e. The van der Waals surface area contributed by atoms with Gasteiger partial charge in [-0.25, -0.2) is 13.1 Å². The van der Waals surface area contributed by atoms with Gasteiger partial charge in [-0.05, 0) is 54.8 Å². The Hall–Kier alpha value is -2.35. The number of sulfonamides is 1. The van der Waals surface area contributed by atoms with E-state index in [1.165, 1.54) is 13.0 Å². The number of hydrogen-bond donors (Lipinski definition) is 2. The minimum atomic E-state index is -3.71. The predicted molar refractivity (Wildman–Crippen MR) is 112 cm³/mol. The molecule has 8 heteroatoms. The highest BCUT2D eigenvalue weighted by Gasteiger charge is 2.18. The van der Waals surface area contributed by atoms with Crippen molar-refractivity contribution < 1.29 is 13.2 Å². The van der Waals surface area contributed by atoms with Gasteiger partial charge in [0.2, 0.25) is 15.9 Å². The van der Waals surface area contributed by atoms with Gasteiger partial charge in [-0.3, -0.25) is 4.79 Å². The number of carbonyl (C=O) groups is 1. The number of halogens is 1. The summed E-state index contributed by atoms with van der Waals surface area (Å²) in [4.78, 5) is 11.4. The van der Waals surface area contributed by atoms with E-state index in [0.717, 1.165) is 16.5 Å². The third-order valence-corrected chi connectivity index (χ3v) is 6.36. The Morgan fingerprint density at radius 2 is 1.93 bits per heavy atom. The van der Waals surface area contributed by atoms with Crippen LogP contribution in [0.4, 0.5) is 5.69 Å². The molecule has 3 aromatic rings. The van der Waals surface area contributed by atoms with Gasteiger partial charge < -0.3 is 9.88 Å². The van der Waals surface area contributed by atoms with Gasteiger partial charge in [0.1, 0.15) is 0 Å². The fourth-order valence-electron chi connectivity index (χ4n) is 3.21. The molecule has 1 heterocycles. The molecule has 6 nitrogen and oxygen atoms in total. The first-order valence-electron chi connectivity index (χ1n) is 8.79. The van der Waals surface area contributed by atoms with E-state index in [0.29, 0.717) is 22.7 Å². The summed E-state index contributed by atoms with van der Waals surface area (Å²) in [7, 11) is -1.76. The van der Waals surface area contributed by atoms with Crippen LogP contribution in [-0.4, -0.2) is 25.4 Å². The minimum absolute atomic E-state index is 0.153. The Labute approximate surface area is 169 Å². The van der Waals surface area contributed by atoms with E-state index in [4.69, 9.17) is 11.6 Å². The van der Waals surface area contributed by atoms with E-state index >= 15 is 0 Å². The maximum absolute atomic E-state index is 12.8.